The summed E-state index contributed by atoms with van der Waals surface area (Å²) < 4.78 is 11.2. The molecular formula is C19H24O5. The fraction of sp³-hybridized carbons (Fsp3) is 0.684. The van der Waals surface area contributed by atoms with Crippen LogP contribution in [0.5, 0.6) is 0 Å². The largest absolute Gasteiger partial charge is 0.457 e. The minimum atomic E-state index is -0.486. The maximum Gasteiger partial charge on any atom is 0.331 e. The summed E-state index contributed by atoms with van der Waals surface area (Å²) in [5.41, 5.74) is 1.13. The van der Waals surface area contributed by atoms with E-state index >= 15 is 0 Å². The summed E-state index contributed by atoms with van der Waals surface area (Å²) in [6, 6.07) is 0. The zero-order valence-electron chi connectivity index (χ0n) is 14.4. The minimum Gasteiger partial charge on any atom is -0.457 e. The lowest BCUT2D eigenvalue weighted by Gasteiger charge is -2.53. The van der Waals surface area contributed by atoms with E-state index < -0.39 is 11.5 Å². The molecule has 0 radical (unpaired) electrons. The van der Waals surface area contributed by atoms with Gasteiger partial charge in [-0.05, 0) is 37.0 Å². The molecule has 4 aliphatic rings. The fourth-order valence-electron chi connectivity index (χ4n) is 5.50. The highest BCUT2D eigenvalue weighted by atomic mass is 16.6. The van der Waals surface area contributed by atoms with E-state index in [1.807, 2.05) is 19.9 Å². The number of ether oxygens (including phenoxy) is 2. The first-order valence-electron chi connectivity index (χ1n) is 8.78. The lowest BCUT2D eigenvalue weighted by atomic mass is 9.49. The summed E-state index contributed by atoms with van der Waals surface area (Å²) >= 11 is 0. The van der Waals surface area contributed by atoms with E-state index in [4.69, 9.17) is 9.47 Å². The van der Waals surface area contributed by atoms with Crippen molar-refractivity contribution in [1.29, 1.82) is 0 Å². The summed E-state index contributed by atoms with van der Waals surface area (Å²) in [4.78, 5) is 24.7. The summed E-state index contributed by atoms with van der Waals surface area (Å²) in [5, 5.41) is 9.55. The summed E-state index contributed by atoms with van der Waals surface area (Å²) in [6.45, 7) is 5.96. The zero-order valence-corrected chi connectivity index (χ0v) is 14.4. The molecule has 1 N–H and O–H groups in total. The van der Waals surface area contributed by atoms with Crippen LogP contribution in [0.15, 0.2) is 23.3 Å². The predicted molar refractivity (Wildman–Crippen MR) is 85.7 cm³/mol. The Hall–Kier alpha value is -1.62. The van der Waals surface area contributed by atoms with E-state index in [1.54, 1.807) is 6.08 Å². The van der Waals surface area contributed by atoms with Crippen molar-refractivity contribution in [2.24, 2.45) is 22.7 Å². The van der Waals surface area contributed by atoms with Gasteiger partial charge in [0.1, 0.15) is 12.2 Å². The van der Waals surface area contributed by atoms with Crippen molar-refractivity contribution in [2.45, 2.75) is 52.2 Å². The molecule has 1 saturated heterocycles. The number of carbonyl (C=O) groups excluding carboxylic acids is 2. The molecule has 5 heteroatoms. The topological polar surface area (TPSA) is 72.8 Å². The van der Waals surface area contributed by atoms with Crippen LogP contribution in [0.4, 0.5) is 0 Å². The van der Waals surface area contributed by atoms with Crippen LogP contribution in [0, 0.1) is 22.7 Å². The molecule has 0 bridgehead atoms. The lowest BCUT2D eigenvalue weighted by molar-refractivity contribution is -0.148. The lowest BCUT2D eigenvalue weighted by Crippen LogP contribution is -2.52. The van der Waals surface area contributed by atoms with Gasteiger partial charge in [0, 0.05) is 29.9 Å². The van der Waals surface area contributed by atoms with Gasteiger partial charge in [-0.25, -0.2) is 4.79 Å². The standard InChI is InChI=1S/C19H24O5/c1-10(9-20)15-11-7-13-16-18(2,12(11)8-14(21)24-15)5-4-6-19(16,3)17(22)23-13/h7-8,10,13,15-16,20H,4-6,9H2,1-3H3/t10?,13-,15-,16?,18-,19+/m1/s1. The molecule has 2 unspecified atom stereocenters. The van der Waals surface area contributed by atoms with E-state index in [0.29, 0.717) is 0 Å². The van der Waals surface area contributed by atoms with Crippen molar-refractivity contribution in [3.05, 3.63) is 23.3 Å². The number of hydrogen-bond acceptors (Lipinski definition) is 5. The maximum atomic E-state index is 12.5. The zero-order chi connectivity index (χ0) is 17.3. The van der Waals surface area contributed by atoms with Crippen LogP contribution in [0.3, 0.4) is 0 Å². The minimum absolute atomic E-state index is 0.0530. The van der Waals surface area contributed by atoms with Crippen molar-refractivity contribution in [3.63, 3.8) is 0 Å². The van der Waals surface area contributed by atoms with Gasteiger partial charge < -0.3 is 14.6 Å². The Morgan fingerprint density at radius 1 is 1.25 bits per heavy atom. The Kier molecular flexibility index (Phi) is 3.27. The predicted octanol–water partition coefficient (Wildman–Crippen LogP) is 2.14. The highest BCUT2D eigenvalue weighted by Gasteiger charge is 2.65. The van der Waals surface area contributed by atoms with E-state index in [1.165, 1.54) is 0 Å². The van der Waals surface area contributed by atoms with E-state index in [9.17, 15) is 14.7 Å². The number of fused-ring (bicyclic) bond motifs is 2. The summed E-state index contributed by atoms with van der Waals surface area (Å²) in [5.74, 6) is -0.628. The van der Waals surface area contributed by atoms with Crippen molar-refractivity contribution >= 4 is 11.9 Å². The van der Waals surface area contributed by atoms with Gasteiger partial charge in [0.05, 0.1) is 5.41 Å². The van der Waals surface area contributed by atoms with Crippen molar-refractivity contribution in [1.82, 2.24) is 0 Å². The van der Waals surface area contributed by atoms with Gasteiger partial charge in [0.2, 0.25) is 0 Å². The first-order valence-corrected chi connectivity index (χ1v) is 8.78. The molecule has 2 aliphatic carbocycles. The first kappa shape index (κ1) is 15.9. The molecule has 24 heavy (non-hydrogen) atoms. The number of rotatable bonds is 2. The molecule has 4 rings (SSSR count). The average molecular weight is 332 g/mol. The van der Waals surface area contributed by atoms with Gasteiger partial charge >= 0.3 is 11.9 Å². The number of aliphatic hydroxyl groups is 1. The monoisotopic (exact) mass is 332 g/mol. The Balaban J connectivity index is 1.89. The molecule has 0 aromatic heterocycles. The molecule has 0 amide bonds. The normalized spacial score (nSPS) is 44.6. The third-order valence-corrected chi connectivity index (χ3v) is 6.69. The average Bonchev–Trinajstić information content (AvgIpc) is 2.79. The van der Waals surface area contributed by atoms with Gasteiger partial charge in [-0.2, -0.15) is 0 Å². The molecule has 2 fully saturated rings. The molecular weight excluding hydrogens is 308 g/mol. The van der Waals surface area contributed by atoms with Crippen LogP contribution >= 0.6 is 0 Å². The van der Waals surface area contributed by atoms with Crippen LogP contribution in [-0.2, 0) is 19.1 Å². The SMILES string of the molecule is CC(CO)[C@H]1OC(=O)C=C2C1=C[C@H]1OC(=O)[C@@]3(C)CCC[C@@]2(C)C13. The number of carbonyl (C=O) groups is 2. The number of aliphatic hydroxyl groups excluding tert-OH is 1. The van der Waals surface area contributed by atoms with E-state index in [2.05, 4.69) is 6.92 Å². The van der Waals surface area contributed by atoms with Gasteiger partial charge in [-0.15, -0.1) is 0 Å². The van der Waals surface area contributed by atoms with Gasteiger partial charge in [-0.1, -0.05) is 20.3 Å². The van der Waals surface area contributed by atoms with Gasteiger partial charge in [-0.3, -0.25) is 4.79 Å². The number of cyclic esters (lactones) is 1. The van der Waals surface area contributed by atoms with Crippen molar-refractivity contribution in [3.8, 4) is 0 Å². The van der Waals surface area contributed by atoms with Crippen molar-refractivity contribution < 1.29 is 24.2 Å². The molecule has 2 aliphatic heterocycles. The summed E-state index contributed by atoms with van der Waals surface area (Å²) in [7, 11) is 0. The molecule has 0 aromatic rings. The summed E-state index contributed by atoms with van der Waals surface area (Å²) in [6.07, 6.45) is 5.51. The second kappa shape index (κ2) is 4.94. The second-order valence-electron chi connectivity index (χ2n) is 8.23. The van der Waals surface area contributed by atoms with Crippen LogP contribution < -0.4 is 0 Å². The number of hydrogen-bond donors (Lipinski definition) is 1. The van der Waals surface area contributed by atoms with E-state index in [0.717, 1.165) is 30.4 Å². The highest BCUT2D eigenvalue weighted by Crippen LogP contribution is 2.64. The number of esters is 2. The van der Waals surface area contributed by atoms with Crippen LogP contribution in [0.1, 0.15) is 40.0 Å². The second-order valence-corrected chi connectivity index (χ2v) is 8.23. The van der Waals surface area contributed by atoms with E-state index in [-0.39, 0.29) is 41.9 Å². The molecule has 5 nitrogen and oxygen atoms in total. The van der Waals surface area contributed by atoms with Crippen LogP contribution in [-0.4, -0.2) is 35.9 Å². The highest BCUT2D eigenvalue weighted by molar-refractivity contribution is 5.87. The molecule has 6 atom stereocenters. The Morgan fingerprint density at radius 2 is 1.96 bits per heavy atom. The quantitative estimate of drug-likeness (QED) is 0.785. The molecule has 130 valence electrons. The molecule has 2 heterocycles. The Bertz CT molecular complexity index is 677. The van der Waals surface area contributed by atoms with Gasteiger partial charge in [0.25, 0.3) is 0 Å². The first-order chi connectivity index (χ1) is 11.3. The third-order valence-electron chi connectivity index (χ3n) is 6.69. The van der Waals surface area contributed by atoms with Gasteiger partial charge in [0.15, 0.2) is 0 Å². The molecule has 1 saturated carbocycles. The molecule has 0 aromatic carbocycles. The van der Waals surface area contributed by atoms with Crippen molar-refractivity contribution in [2.75, 3.05) is 6.61 Å². The smallest absolute Gasteiger partial charge is 0.331 e. The Labute approximate surface area is 141 Å². The van der Waals surface area contributed by atoms with Crippen LogP contribution in [0.25, 0.3) is 0 Å². The Morgan fingerprint density at radius 3 is 2.67 bits per heavy atom. The maximum absolute atomic E-state index is 12.5. The molecule has 0 spiro atoms. The van der Waals surface area contributed by atoms with Crippen LogP contribution in [0.2, 0.25) is 0 Å². The third kappa shape index (κ3) is 1.85. The fourth-order valence-corrected chi connectivity index (χ4v) is 5.50.